The molecule has 0 heterocycles. The number of carbonyl (C=O) groups excluding carboxylic acids is 3. The lowest BCUT2D eigenvalue weighted by Crippen LogP contribution is -2.23. The maximum absolute atomic E-state index is 12.1. The molecule has 6 heteroatoms. The zero-order chi connectivity index (χ0) is 16.8. The lowest BCUT2D eigenvalue weighted by Gasteiger charge is -2.07. The molecule has 0 spiro atoms. The van der Waals surface area contributed by atoms with Crippen LogP contribution in [0.15, 0.2) is 48.5 Å². The van der Waals surface area contributed by atoms with E-state index in [1.165, 1.54) is 13.0 Å². The first-order valence-corrected chi connectivity index (χ1v) is 6.91. The number of primary amides is 1. The molecule has 2 aromatic carbocycles. The summed E-state index contributed by atoms with van der Waals surface area (Å²) >= 11 is 0. The van der Waals surface area contributed by atoms with Crippen molar-refractivity contribution in [2.24, 2.45) is 5.73 Å². The lowest BCUT2D eigenvalue weighted by atomic mass is 10.1. The molecule has 0 radical (unpaired) electrons. The SMILES string of the molecule is CC(=O)Oc1cccc(C(=O)NCc2ccc(C(N)=O)cc2)c1. The van der Waals surface area contributed by atoms with Crippen molar-refractivity contribution in [3.8, 4) is 5.75 Å². The van der Waals surface area contributed by atoms with E-state index in [2.05, 4.69) is 5.32 Å². The van der Waals surface area contributed by atoms with Crippen molar-refractivity contribution < 1.29 is 19.1 Å². The van der Waals surface area contributed by atoms with E-state index in [4.69, 9.17) is 10.5 Å². The van der Waals surface area contributed by atoms with Gasteiger partial charge >= 0.3 is 5.97 Å². The standard InChI is InChI=1S/C17H16N2O4/c1-11(20)23-15-4-2-3-14(9-15)17(22)19-10-12-5-7-13(8-6-12)16(18)21/h2-9H,10H2,1H3,(H2,18,21)(H,19,22). The molecule has 0 atom stereocenters. The molecule has 23 heavy (non-hydrogen) atoms. The van der Waals surface area contributed by atoms with E-state index < -0.39 is 11.9 Å². The first-order valence-electron chi connectivity index (χ1n) is 6.91. The Morgan fingerprint density at radius 2 is 1.74 bits per heavy atom. The first-order chi connectivity index (χ1) is 11.0. The third-order valence-electron chi connectivity index (χ3n) is 3.05. The van der Waals surface area contributed by atoms with Gasteiger partial charge in [0.15, 0.2) is 0 Å². The Balaban J connectivity index is 1.99. The van der Waals surface area contributed by atoms with Crippen molar-refractivity contribution >= 4 is 17.8 Å². The predicted molar refractivity (Wildman–Crippen MR) is 83.9 cm³/mol. The van der Waals surface area contributed by atoms with Crippen molar-refractivity contribution in [3.05, 3.63) is 65.2 Å². The molecule has 0 aliphatic heterocycles. The van der Waals surface area contributed by atoms with Gasteiger partial charge in [0.05, 0.1) is 0 Å². The molecule has 2 rings (SSSR count). The average Bonchev–Trinajstić information content (AvgIpc) is 2.52. The molecule has 0 saturated heterocycles. The minimum atomic E-state index is -0.497. The van der Waals surface area contributed by atoms with E-state index in [0.717, 1.165) is 5.56 Å². The molecule has 0 bridgehead atoms. The van der Waals surface area contributed by atoms with Gasteiger partial charge in [0.1, 0.15) is 5.75 Å². The number of hydrogen-bond acceptors (Lipinski definition) is 4. The minimum absolute atomic E-state index is 0.294. The fourth-order valence-corrected chi connectivity index (χ4v) is 1.94. The second-order valence-corrected chi connectivity index (χ2v) is 4.87. The van der Waals surface area contributed by atoms with Crippen LogP contribution >= 0.6 is 0 Å². The van der Waals surface area contributed by atoms with Crippen molar-refractivity contribution in [1.29, 1.82) is 0 Å². The third-order valence-corrected chi connectivity index (χ3v) is 3.05. The van der Waals surface area contributed by atoms with Crippen LogP contribution in [0.4, 0.5) is 0 Å². The lowest BCUT2D eigenvalue weighted by molar-refractivity contribution is -0.131. The van der Waals surface area contributed by atoms with Gasteiger partial charge in [-0.2, -0.15) is 0 Å². The van der Waals surface area contributed by atoms with E-state index in [0.29, 0.717) is 23.4 Å². The summed E-state index contributed by atoms with van der Waals surface area (Å²) in [6, 6.07) is 13.0. The number of nitrogens with two attached hydrogens (primary N) is 1. The van der Waals surface area contributed by atoms with Gasteiger partial charge in [0, 0.05) is 24.6 Å². The van der Waals surface area contributed by atoms with Gasteiger partial charge in [0.25, 0.3) is 5.91 Å². The summed E-state index contributed by atoms with van der Waals surface area (Å²) in [7, 11) is 0. The molecule has 0 unspecified atom stereocenters. The van der Waals surface area contributed by atoms with Crippen LogP contribution in [0.3, 0.4) is 0 Å². The Kier molecular flexibility index (Phi) is 5.09. The van der Waals surface area contributed by atoms with Gasteiger partial charge in [-0.05, 0) is 35.9 Å². The third kappa shape index (κ3) is 4.67. The maximum atomic E-state index is 12.1. The highest BCUT2D eigenvalue weighted by Crippen LogP contribution is 2.13. The molecule has 6 nitrogen and oxygen atoms in total. The van der Waals surface area contributed by atoms with E-state index >= 15 is 0 Å². The van der Waals surface area contributed by atoms with Crippen LogP contribution in [0.5, 0.6) is 5.75 Å². The van der Waals surface area contributed by atoms with Crippen LogP contribution in [-0.4, -0.2) is 17.8 Å². The fraction of sp³-hybridized carbons (Fsp3) is 0.118. The number of amides is 2. The fourth-order valence-electron chi connectivity index (χ4n) is 1.94. The van der Waals surface area contributed by atoms with Crippen LogP contribution < -0.4 is 15.8 Å². The molecule has 0 aromatic heterocycles. The molecule has 0 aliphatic rings. The highest BCUT2D eigenvalue weighted by Gasteiger charge is 2.08. The number of carbonyl (C=O) groups is 3. The summed E-state index contributed by atoms with van der Waals surface area (Å²) < 4.78 is 4.94. The monoisotopic (exact) mass is 312 g/mol. The Morgan fingerprint density at radius 3 is 2.35 bits per heavy atom. The summed E-state index contributed by atoms with van der Waals surface area (Å²) in [5.74, 6) is -0.922. The highest BCUT2D eigenvalue weighted by molar-refractivity contribution is 5.95. The molecule has 0 fully saturated rings. The molecule has 0 saturated carbocycles. The van der Waals surface area contributed by atoms with Gasteiger partial charge in [-0.1, -0.05) is 18.2 Å². The van der Waals surface area contributed by atoms with Crippen molar-refractivity contribution in [1.82, 2.24) is 5.32 Å². The summed E-state index contributed by atoms with van der Waals surface area (Å²) in [5, 5.41) is 2.75. The number of nitrogens with one attached hydrogen (secondary N) is 1. The minimum Gasteiger partial charge on any atom is -0.427 e. The van der Waals surface area contributed by atoms with Crippen LogP contribution in [0, 0.1) is 0 Å². The zero-order valence-corrected chi connectivity index (χ0v) is 12.5. The number of ether oxygens (including phenoxy) is 1. The highest BCUT2D eigenvalue weighted by atomic mass is 16.5. The largest absolute Gasteiger partial charge is 0.427 e. The van der Waals surface area contributed by atoms with Gasteiger partial charge in [-0.3, -0.25) is 14.4 Å². The molecule has 2 amide bonds. The second kappa shape index (κ2) is 7.22. The normalized spacial score (nSPS) is 9.96. The van der Waals surface area contributed by atoms with Crippen molar-refractivity contribution in [2.75, 3.05) is 0 Å². The van der Waals surface area contributed by atoms with E-state index in [1.807, 2.05) is 0 Å². The number of hydrogen-bond donors (Lipinski definition) is 2. The maximum Gasteiger partial charge on any atom is 0.308 e. The summed E-state index contributed by atoms with van der Waals surface area (Å²) in [6.45, 7) is 1.60. The summed E-state index contributed by atoms with van der Waals surface area (Å²) in [4.78, 5) is 34.0. The number of benzene rings is 2. The smallest absolute Gasteiger partial charge is 0.308 e. The zero-order valence-electron chi connectivity index (χ0n) is 12.5. The number of esters is 1. The van der Waals surface area contributed by atoms with Crippen molar-refractivity contribution in [3.63, 3.8) is 0 Å². The van der Waals surface area contributed by atoms with Gasteiger partial charge in [-0.25, -0.2) is 0 Å². The first kappa shape index (κ1) is 16.2. The van der Waals surface area contributed by atoms with E-state index in [1.54, 1.807) is 42.5 Å². The molecular weight excluding hydrogens is 296 g/mol. The molecule has 118 valence electrons. The quantitative estimate of drug-likeness (QED) is 0.647. The molecule has 0 aliphatic carbocycles. The topological polar surface area (TPSA) is 98.5 Å². The summed E-state index contributed by atoms with van der Waals surface area (Å²) in [6.07, 6.45) is 0. The summed E-state index contributed by atoms with van der Waals surface area (Å²) in [5.41, 5.74) is 6.80. The van der Waals surface area contributed by atoms with E-state index in [9.17, 15) is 14.4 Å². The average molecular weight is 312 g/mol. The van der Waals surface area contributed by atoms with Crippen molar-refractivity contribution in [2.45, 2.75) is 13.5 Å². The van der Waals surface area contributed by atoms with Gasteiger partial charge < -0.3 is 15.8 Å². The van der Waals surface area contributed by atoms with Gasteiger partial charge in [-0.15, -0.1) is 0 Å². The Morgan fingerprint density at radius 1 is 1.04 bits per heavy atom. The molecular formula is C17H16N2O4. The van der Waals surface area contributed by atoms with Gasteiger partial charge in [0.2, 0.25) is 5.91 Å². The number of rotatable bonds is 5. The van der Waals surface area contributed by atoms with Crippen LogP contribution in [-0.2, 0) is 11.3 Å². The van der Waals surface area contributed by atoms with Crippen LogP contribution in [0.1, 0.15) is 33.2 Å². The molecule has 3 N–H and O–H groups in total. The van der Waals surface area contributed by atoms with Crippen LogP contribution in [0.25, 0.3) is 0 Å². The van der Waals surface area contributed by atoms with E-state index in [-0.39, 0.29) is 5.91 Å². The Labute approximate surface area is 133 Å². The predicted octanol–water partition coefficient (Wildman–Crippen LogP) is 1.64. The van der Waals surface area contributed by atoms with Crippen LogP contribution in [0.2, 0.25) is 0 Å². The molecule has 2 aromatic rings. The second-order valence-electron chi connectivity index (χ2n) is 4.87. The Bertz CT molecular complexity index is 739. The Hall–Kier alpha value is -3.15.